The fourth-order valence-corrected chi connectivity index (χ4v) is 3.64. The van der Waals surface area contributed by atoms with Crippen molar-refractivity contribution in [2.24, 2.45) is 0 Å². The first-order chi connectivity index (χ1) is 11.0. The Morgan fingerprint density at radius 3 is 2.26 bits per heavy atom. The molecule has 0 aliphatic rings. The van der Waals surface area contributed by atoms with Crippen LogP contribution in [-0.2, 0) is 16.6 Å². The van der Waals surface area contributed by atoms with E-state index in [0.717, 1.165) is 5.56 Å². The largest absolute Gasteiger partial charge is 0.493 e. The number of ether oxygens (including phenoxy) is 2. The number of aromatic nitrogens is 1. The van der Waals surface area contributed by atoms with Gasteiger partial charge >= 0.3 is 0 Å². The normalized spacial score (nSPS) is 11.5. The second kappa shape index (κ2) is 7.43. The molecule has 0 radical (unpaired) electrons. The molecule has 0 amide bonds. The number of hydrogen-bond donors (Lipinski definition) is 0. The third-order valence-corrected chi connectivity index (χ3v) is 5.37. The number of benzene rings is 1. The maximum absolute atomic E-state index is 12.8. The summed E-state index contributed by atoms with van der Waals surface area (Å²) in [6.07, 6.45) is 3.29. The summed E-state index contributed by atoms with van der Waals surface area (Å²) >= 11 is 0. The van der Waals surface area contributed by atoms with Crippen LogP contribution in [0.3, 0.4) is 0 Å². The van der Waals surface area contributed by atoms with Gasteiger partial charge in [0.1, 0.15) is 0 Å². The van der Waals surface area contributed by atoms with E-state index in [0.29, 0.717) is 18.0 Å². The van der Waals surface area contributed by atoms with Crippen LogP contribution in [0.5, 0.6) is 11.5 Å². The van der Waals surface area contributed by atoms with Gasteiger partial charge in [0.25, 0.3) is 0 Å². The van der Waals surface area contributed by atoms with E-state index in [1.807, 2.05) is 0 Å². The molecule has 124 valence electrons. The van der Waals surface area contributed by atoms with Crippen LogP contribution in [0.15, 0.2) is 47.6 Å². The SMILES string of the molecule is CCN(Cc1ccncc1)S(=O)(=O)c1ccc(OC)c(OC)c1. The van der Waals surface area contributed by atoms with Crippen molar-refractivity contribution in [3.05, 3.63) is 48.3 Å². The van der Waals surface area contributed by atoms with Gasteiger partial charge in [-0.2, -0.15) is 4.31 Å². The molecule has 2 rings (SSSR count). The zero-order chi connectivity index (χ0) is 16.9. The minimum absolute atomic E-state index is 0.172. The van der Waals surface area contributed by atoms with Gasteiger partial charge in [-0.25, -0.2) is 8.42 Å². The van der Waals surface area contributed by atoms with E-state index in [1.54, 1.807) is 37.5 Å². The monoisotopic (exact) mass is 336 g/mol. The van der Waals surface area contributed by atoms with Gasteiger partial charge in [-0.1, -0.05) is 6.92 Å². The molecular weight excluding hydrogens is 316 g/mol. The lowest BCUT2D eigenvalue weighted by Gasteiger charge is -2.21. The molecule has 0 aliphatic carbocycles. The van der Waals surface area contributed by atoms with Crippen LogP contribution >= 0.6 is 0 Å². The van der Waals surface area contributed by atoms with Gasteiger partial charge < -0.3 is 9.47 Å². The number of rotatable bonds is 7. The Bertz CT molecular complexity index is 748. The van der Waals surface area contributed by atoms with Crippen LogP contribution in [0.25, 0.3) is 0 Å². The van der Waals surface area contributed by atoms with Crippen molar-refractivity contribution < 1.29 is 17.9 Å². The maximum atomic E-state index is 12.8. The van der Waals surface area contributed by atoms with E-state index < -0.39 is 10.0 Å². The van der Waals surface area contributed by atoms with Gasteiger partial charge in [0, 0.05) is 31.5 Å². The number of pyridine rings is 1. The third-order valence-electron chi connectivity index (χ3n) is 3.45. The molecule has 0 bridgehead atoms. The molecule has 6 nitrogen and oxygen atoms in total. The average molecular weight is 336 g/mol. The molecule has 0 saturated carbocycles. The summed E-state index contributed by atoms with van der Waals surface area (Å²) in [4.78, 5) is 4.11. The van der Waals surface area contributed by atoms with Gasteiger partial charge in [-0.15, -0.1) is 0 Å². The molecule has 23 heavy (non-hydrogen) atoms. The van der Waals surface area contributed by atoms with Crippen molar-refractivity contribution in [3.8, 4) is 11.5 Å². The molecule has 0 atom stereocenters. The minimum Gasteiger partial charge on any atom is -0.493 e. The van der Waals surface area contributed by atoms with Gasteiger partial charge in [0.2, 0.25) is 10.0 Å². The highest BCUT2D eigenvalue weighted by atomic mass is 32.2. The molecular formula is C16H20N2O4S. The number of hydrogen-bond acceptors (Lipinski definition) is 5. The highest BCUT2D eigenvalue weighted by Crippen LogP contribution is 2.30. The summed E-state index contributed by atoms with van der Waals surface area (Å²) in [7, 11) is -0.647. The van der Waals surface area contributed by atoms with Crippen LogP contribution < -0.4 is 9.47 Å². The Hall–Kier alpha value is -2.12. The van der Waals surface area contributed by atoms with Gasteiger partial charge in [-0.05, 0) is 29.8 Å². The zero-order valence-electron chi connectivity index (χ0n) is 13.4. The second-order valence-corrected chi connectivity index (χ2v) is 6.74. The molecule has 7 heteroatoms. The topological polar surface area (TPSA) is 68.7 Å². The van der Waals surface area contributed by atoms with E-state index in [4.69, 9.17) is 9.47 Å². The highest BCUT2D eigenvalue weighted by Gasteiger charge is 2.24. The summed E-state index contributed by atoms with van der Waals surface area (Å²) in [5.74, 6) is 0.872. The van der Waals surface area contributed by atoms with Gasteiger partial charge in [0.15, 0.2) is 11.5 Å². The standard InChI is InChI=1S/C16H20N2O4S/c1-4-18(12-13-7-9-17-10-8-13)23(19,20)14-5-6-15(21-2)16(11-14)22-3/h5-11H,4,12H2,1-3H3. The lowest BCUT2D eigenvalue weighted by Crippen LogP contribution is -2.30. The van der Waals surface area contributed by atoms with Crippen LogP contribution in [0.1, 0.15) is 12.5 Å². The quantitative estimate of drug-likeness (QED) is 0.776. The molecule has 1 aromatic carbocycles. The lowest BCUT2D eigenvalue weighted by atomic mass is 10.3. The number of sulfonamides is 1. The van der Waals surface area contributed by atoms with E-state index >= 15 is 0 Å². The van der Waals surface area contributed by atoms with Crippen LogP contribution in [0.2, 0.25) is 0 Å². The predicted molar refractivity (Wildman–Crippen MR) is 87.1 cm³/mol. The fraction of sp³-hybridized carbons (Fsp3) is 0.312. The molecule has 0 aliphatic heterocycles. The zero-order valence-corrected chi connectivity index (χ0v) is 14.2. The fourth-order valence-electron chi connectivity index (χ4n) is 2.18. The molecule has 1 aromatic heterocycles. The molecule has 0 fully saturated rings. The number of nitrogens with zero attached hydrogens (tertiary/aromatic N) is 2. The predicted octanol–water partition coefficient (Wildman–Crippen LogP) is 2.31. The van der Waals surface area contributed by atoms with Crippen molar-refractivity contribution in [3.63, 3.8) is 0 Å². The summed E-state index contributed by atoms with van der Waals surface area (Å²) in [6, 6.07) is 8.18. The Balaban J connectivity index is 2.35. The van der Waals surface area contributed by atoms with E-state index in [-0.39, 0.29) is 11.4 Å². The number of methoxy groups -OCH3 is 2. The van der Waals surface area contributed by atoms with Crippen molar-refractivity contribution in [1.82, 2.24) is 9.29 Å². The third kappa shape index (κ3) is 3.80. The Morgan fingerprint density at radius 2 is 1.70 bits per heavy atom. The molecule has 0 saturated heterocycles. The molecule has 0 spiro atoms. The summed E-state index contributed by atoms with van der Waals surface area (Å²) < 4.78 is 37.4. The molecule has 1 heterocycles. The summed E-state index contributed by atoms with van der Waals surface area (Å²) in [5.41, 5.74) is 0.880. The van der Waals surface area contributed by atoms with E-state index in [2.05, 4.69) is 4.98 Å². The highest BCUT2D eigenvalue weighted by molar-refractivity contribution is 7.89. The minimum atomic E-state index is -3.63. The van der Waals surface area contributed by atoms with Crippen molar-refractivity contribution in [1.29, 1.82) is 0 Å². The molecule has 0 unspecified atom stereocenters. The Kier molecular flexibility index (Phi) is 5.57. The van der Waals surface area contributed by atoms with Crippen molar-refractivity contribution in [2.75, 3.05) is 20.8 Å². The average Bonchev–Trinajstić information content (AvgIpc) is 2.59. The smallest absolute Gasteiger partial charge is 0.243 e. The van der Waals surface area contributed by atoms with Crippen LogP contribution in [0, 0.1) is 0 Å². The first kappa shape index (κ1) is 17.2. The first-order valence-corrected chi connectivity index (χ1v) is 8.58. The summed E-state index contributed by atoms with van der Waals surface area (Å²) in [6.45, 7) is 2.45. The Labute approximate surface area is 136 Å². The van der Waals surface area contributed by atoms with Gasteiger partial charge in [0.05, 0.1) is 19.1 Å². The van der Waals surface area contributed by atoms with Crippen molar-refractivity contribution >= 4 is 10.0 Å². The molecule has 0 N–H and O–H groups in total. The lowest BCUT2D eigenvalue weighted by molar-refractivity contribution is 0.353. The van der Waals surface area contributed by atoms with E-state index in [1.165, 1.54) is 30.7 Å². The van der Waals surface area contributed by atoms with Gasteiger partial charge in [-0.3, -0.25) is 4.98 Å². The van der Waals surface area contributed by atoms with Crippen LogP contribution in [-0.4, -0.2) is 38.5 Å². The van der Waals surface area contributed by atoms with Crippen LogP contribution in [0.4, 0.5) is 0 Å². The summed E-state index contributed by atoms with van der Waals surface area (Å²) in [5, 5.41) is 0. The van der Waals surface area contributed by atoms with Crippen molar-refractivity contribution in [2.45, 2.75) is 18.4 Å². The second-order valence-electron chi connectivity index (χ2n) is 4.80. The Morgan fingerprint density at radius 1 is 1.04 bits per heavy atom. The maximum Gasteiger partial charge on any atom is 0.243 e. The molecule has 2 aromatic rings. The first-order valence-electron chi connectivity index (χ1n) is 7.14. The van der Waals surface area contributed by atoms with E-state index in [9.17, 15) is 8.42 Å².